The molecule has 0 unspecified atom stereocenters. The molecule has 0 aliphatic carbocycles. The second kappa shape index (κ2) is 12.0. The molecular formula is C26H27ClFN3O4S. The fraction of sp³-hybridized carbons (Fsp3) is 0.231. The zero-order chi connectivity index (χ0) is 26.3. The molecule has 0 heterocycles. The molecule has 0 saturated heterocycles. The molecule has 3 aromatic carbocycles. The van der Waals surface area contributed by atoms with Gasteiger partial charge in [-0.1, -0.05) is 60.1 Å². The molecule has 0 aliphatic heterocycles. The van der Waals surface area contributed by atoms with Crippen molar-refractivity contribution in [3.05, 3.63) is 95.3 Å². The molecule has 2 amide bonds. The van der Waals surface area contributed by atoms with Crippen molar-refractivity contribution in [1.82, 2.24) is 10.2 Å². The van der Waals surface area contributed by atoms with E-state index in [0.29, 0.717) is 6.42 Å². The Hall–Kier alpha value is -3.43. The van der Waals surface area contributed by atoms with Crippen LogP contribution in [0.1, 0.15) is 12.5 Å². The highest BCUT2D eigenvalue weighted by molar-refractivity contribution is 7.92. The van der Waals surface area contributed by atoms with E-state index in [9.17, 15) is 22.4 Å². The predicted molar refractivity (Wildman–Crippen MR) is 138 cm³/mol. The van der Waals surface area contributed by atoms with Gasteiger partial charge >= 0.3 is 0 Å². The van der Waals surface area contributed by atoms with Gasteiger partial charge in [0.25, 0.3) is 10.0 Å². The van der Waals surface area contributed by atoms with E-state index in [0.717, 1.165) is 22.0 Å². The quantitative estimate of drug-likeness (QED) is 0.430. The van der Waals surface area contributed by atoms with Crippen LogP contribution >= 0.6 is 11.6 Å². The highest BCUT2D eigenvalue weighted by Crippen LogP contribution is 2.28. The Kier molecular flexibility index (Phi) is 9.06. The number of carbonyl (C=O) groups excluding carboxylic acids is 2. The minimum absolute atomic E-state index is 0.0224. The Morgan fingerprint density at radius 2 is 1.61 bits per heavy atom. The van der Waals surface area contributed by atoms with Gasteiger partial charge in [-0.3, -0.25) is 13.9 Å². The zero-order valence-electron chi connectivity index (χ0n) is 19.9. The number of anilines is 1. The molecule has 0 bridgehead atoms. The molecule has 3 rings (SSSR count). The molecule has 36 heavy (non-hydrogen) atoms. The summed E-state index contributed by atoms with van der Waals surface area (Å²) < 4.78 is 41.9. The van der Waals surface area contributed by atoms with Gasteiger partial charge in [-0.15, -0.1) is 0 Å². The van der Waals surface area contributed by atoms with Crippen molar-refractivity contribution in [2.45, 2.75) is 24.3 Å². The van der Waals surface area contributed by atoms with E-state index in [2.05, 4.69) is 5.32 Å². The average molecular weight is 532 g/mol. The molecule has 0 aliphatic rings. The summed E-state index contributed by atoms with van der Waals surface area (Å²) in [5.74, 6) is -1.71. The number of likely N-dealkylation sites (N-methyl/N-ethyl adjacent to an activating group) is 1. The molecule has 3 aromatic rings. The zero-order valence-corrected chi connectivity index (χ0v) is 21.5. The molecule has 7 nitrogen and oxygen atoms in total. The minimum Gasteiger partial charge on any atom is -0.357 e. The maximum Gasteiger partial charge on any atom is 0.264 e. The fourth-order valence-corrected chi connectivity index (χ4v) is 5.27. The van der Waals surface area contributed by atoms with Gasteiger partial charge in [0.1, 0.15) is 18.4 Å². The Bertz CT molecular complexity index is 1310. The number of carbonyl (C=O) groups is 2. The molecule has 0 radical (unpaired) electrons. The molecule has 0 saturated carbocycles. The maximum absolute atomic E-state index is 13.8. The number of hydrogen-bond donors (Lipinski definition) is 1. The highest BCUT2D eigenvalue weighted by atomic mass is 35.5. The topological polar surface area (TPSA) is 86.8 Å². The van der Waals surface area contributed by atoms with E-state index >= 15 is 0 Å². The van der Waals surface area contributed by atoms with E-state index in [1.807, 2.05) is 30.3 Å². The lowest BCUT2D eigenvalue weighted by Crippen LogP contribution is -2.51. The summed E-state index contributed by atoms with van der Waals surface area (Å²) >= 11 is 5.94. The van der Waals surface area contributed by atoms with Gasteiger partial charge in [0.15, 0.2) is 0 Å². The summed E-state index contributed by atoms with van der Waals surface area (Å²) in [5.41, 5.74) is 0.979. The number of rotatable bonds is 10. The normalized spacial score (nSPS) is 12.0. The van der Waals surface area contributed by atoms with Crippen LogP contribution < -0.4 is 9.62 Å². The van der Waals surface area contributed by atoms with Gasteiger partial charge in [0.2, 0.25) is 11.8 Å². The van der Waals surface area contributed by atoms with Gasteiger partial charge in [0.05, 0.1) is 15.6 Å². The summed E-state index contributed by atoms with van der Waals surface area (Å²) in [6, 6.07) is 19.6. The Morgan fingerprint density at radius 3 is 2.19 bits per heavy atom. The Balaban J connectivity index is 1.98. The first kappa shape index (κ1) is 27.2. The summed E-state index contributed by atoms with van der Waals surface area (Å²) in [4.78, 5) is 27.3. The summed E-state index contributed by atoms with van der Waals surface area (Å²) in [5, 5.41) is 2.24. The van der Waals surface area contributed by atoms with Crippen molar-refractivity contribution in [2.24, 2.45) is 0 Å². The number of sulfonamides is 1. The maximum atomic E-state index is 13.8. The van der Waals surface area contributed by atoms with Crippen molar-refractivity contribution >= 4 is 39.1 Å². The van der Waals surface area contributed by atoms with E-state index in [1.165, 1.54) is 30.1 Å². The minimum atomic E-state index is -4.23. The van der Waals surface area contributed by atoms with E-state index < -0.39 is 40.2 Å². The molecule has 190 valence electrons. The van der Waals surface area contributed by atoms with Crippen LogP contribution in [0.4, 0.5) is 10.1 Å². The van der Waals surface area contributed by atoms with Gasteiger partial charge < -0.3 is 10.2 Å². The van der Waals surface area contributed by atoms with Crippen molar-refractivity contribution in [3.8, 4) is 0 Å². The number of nitrogens with zero attached hydrogens (tertiary/aromatic N) is 2. The highest BCUT2D eigenvalue weighted by Gasteiger charge is 2.32. The fourth-order valence-electron chi connectivity index (χ4n) is 3.67. The van der Waals surface area contributed by atoms with Gasteiger partial charge in [-0.05, 0) is 49.2 Å². The second-order valence-electron chi connectivity index (χ2n) is 8.04. The third-order valence-corrected chi connectivity index (χ3v) is 7.78. The lowest BCUT2D eigenvalue weighted by atomic mass is 10.1. The van der Waals surface area contributed by atoms with Crippen molar-refractivity contribution in [2.75, 3.05) is 24.4 Å². The lowest BCUT2D eigenvalue weighted by molar-refractivity contribution is -0.138. The summed E-state index contributed by atoms with van der Waals surface area (Å²) in [6.07, 6.45) is 0.460. The van der Waals surface area contributed by atoms with Crippen LogP contribution in [0.3, 0.4) is 0 Å². The van der Waals surface area contributed by atoms with Gasteiger partial charge in [-0.2, -0.15) is 0 Å². The standard InChI is InChI=1S/C26H27ClFN3O4S/c1-19(26(33)29-2)30(16-15-20-9-5-3-6-10-20)25(32)18-31(21-13-14-24(28)23(27)17-21)36(34,35)22-11-7-4-8-12-22/h3-14,17,19H,15-16,18H2,1-2H3,(H,29,33)/t19-/m0/s1. The van der Waals surface area contributed by atoms with Crippen LogP contribution in [-0.4, -0.2) is 51.3 Å². The molecule has 1 N–H and O–H groups in total. The molecule has 1 atom stereocenters. The molecule has 0 spiro atoms. The van der Waals surface area contributed by atoms with Gasteiger partial charge in [0, 0.05) is 13.6 Å². The predicted octanol–water partition coefficient (Wildman–Crippen LogP) is 3.88. The molecular weight excluding hydrogens is 505 g/mol. The smallest absolute Gasteiger partial charge is 0.264 e. The SMILES string of the molecule is CNC(=O)[C@H](C)N(CCc1ccccc1)C(=O)CN(c1ccc(F)c(Cl)c1)S(=O)(=O)c1ccccc1. The molecule has 0 aromatic heterocycles. The van der Waals surface area contributed by atoms with E-state index in [4.69, 9.17) is 11.6 Å². The largest absolute Gasteiger partial charge is 0.357 e. The van der Waals surface area contributed by atoms with Gasteiger partial charge in [-0.25, -0.2) is 12.8 Å². The first-order valence-electron chi connectivity index (χ1n) is 11.2. The number of benzene rings is 3. The number of halogens is 2. The van der Waals surface area contributed by atoms with Crippen molar-refractivity contribution in [1.29, 1.82) is 0 Å². The van der Waals surface area contributed by atoms with Crippen LogP contribution in [0.25, 0.3) is 0 Å². The number of hydrogen-bond acceptors (Lipinski definition) is 4. The molecule has 10 heteroatoms. The average Bonchev–Trinajstić information content (AvgIpc) is 2.89. The Morgan fingerprint density at radius 1 is 1.00 bits per heavy atom. The Labute approximate surface area is 215 Å². The third-order valence-electron chi connectivity index (χ3n) is 5.70. The first-order valence-corrected chi connectivity index (χ1v) is 13.0. The van der Waals surface area contributed by atoms with Crippen LogP contribution in [-0.2, 0) is 26.0 Å². The van der Waals surface area contributed by atoms with Crippen LogP contribution in [0.15, 0.2) is 83.8 Å². The number of nitrogens with one attached hydrogen (secondary N) is 1. The summed E-state index contributed by atoms with van der Waals surface area (Å²) in [7, 11) is -2.76. The van der Waals surface area contributed by atoms with E-state index in [-0.39, 0.29) is 22.2 Å². The van der Waals surface area contributed by atoms with E-state index in [1.54, 1.807) is 25.1 Å². The first-order chi connectivity index (χ1) is 17.1. The van der Waals surface area contributed by atoms with Crippen LogP contribution in [0, 0.1) is 5.82 Å². The van der Waals surface area contributed by atoms with Crippen molar-refractivity contribution < 1.29 is 22.4 Å². The van der Waals surface area contributed by atoms with Crippen molar-refractivity contribution in [3.63, 3.8) is 0 Å². The monoisotopic (exact) mass is 531 g/mol. The third kappa shape index (κ3) is 6.41. The second-order valence-corrected chi connectivity index (χ2v) is 10.3. The molecule has 0 fully saturated rings. The lowest BCUT2D eigenvalue weighted by Gasteiger charge is -2.31. The van der Waals surface area contributed by atoms with Crippen LogP contribution in [0.2, 0.25) is 5.02 Å². The van der Waals surface area contributed by atoms with Crippen LogP contribution in [0.5, 0.6) is 0 Å². The number of amides is 2. The summed E-state index contributed by atoms with van der Waals surface area (Å²) in [6.45, 7) is 1.14.